The summed E-state index contributed by atoms with van der Waals surface area (Å²) in [5.41, 5.74) is -0.761. The van der Waals surface area contributed by atoms with Crippen LogP contribution in [0.5, 0.6) is 11.6 Å². The predicted octanol–water partition coefficient (Wildman–Crippen LogP) is 2.75. The fourth-order valence-electron chi connectivity index (χ4n) is 2.51. The van der Waals surface area contributed by atoms with Crippen LogP contribution in [0.4, 0.5) is 5.69 Å². The highest BCUT2D eigenvalue weighted by Gasteiger charge is 2.25. The lowest BCUT2D eigenvalue weighted by molar-refractivity contribution is -0.387. The number of aromatic nitrogens is 4. The summed E-state index contributed by atoms with van der Waals surface area (Å²) in [5.74, 6) is 0.595. The van der Waals surface area contributed by atoms with Crippen LogP contribution in [0.15, 0.2) is 58.0 Å². The van der Waals surface area contributed by atoms with Gasteiger partial charge in [0.1, 0.15) is 11.4 Å². The Labute approximate surface area is 150 Å². The van der Waals surface area contributed by atoms with E-state index < -0.39 is 22.0 Å². The SMILES string of the molecule is Cc1nc(-c2cccc(Oc3nc4ccccn4c(=O)c3[N+](=O)[O-])c2)no1. The van der Waals surface area contributed by atoms with Crippen LogP contribution < -0.4 is 10.3 Å². The van der Waals surface area contributed by atoms with Crippen molar-refractivity contribution in [1.82, 2.24) is 19.5 Å². The predicted molar refractivity (Wildman–Crippen MR) is 92.7 cm³/mol. The Morgan fingerprint density at radius 3 is 2.78 bits per heavy atom. The van der Waals surface area contributed by atoms with E-state index in [9.17, 15) is 14.9 Å². The number of nitrogens with zero attached hydrogens (tertiary/aromatic N) is 5. The molecule has 0 saturated carbocycles. The van der Waals surface area contributed by atoms with Crippen LogP contribution in [-0.4, -0.2) is 24.4 Å². The van der Waals surface area contributed by atoms with Crippen molar-refractivity contribution in [3.05, 3.63) is 75.0 Å². The number of ether oxygens (including phenoxy) is 1. The molecule has 4 rings (SSSR count). The molecule has 0 spiro atoms. The van der Waals surface area contributed by atoms with Gasteiger partial charge in [0.05, 0.1) is 4.92 Å². The summed E-state index contributed by atoms with van der Waals surface area (Å²) in [4.78, 5) is 31.3. The lowest BCUT2D eigenvalue weighted by Gasteiger charge is -2.07. The van der Waals surface area contributed by atoms with Crippen molar-refractivity contribution in [2.24, 2.45) is 0 Å². The largest absolute Gasteiger partial charge is 0.433 e. The summed E-state index contributed by atoms with van der Waals surface area (Å²) in [7, 11) is 0. The van der Waals surface area contributed by atoms with Crippen LogP contribution in [0, 0.1) is 17.0 Å². The van der Waals surface area contributed by atoms with Gasteiger partial charge in [-0.3, -0.25) is 19.3 Å². The number of benzene rings is 1. The standard InChI is InChI=1S/C17H11N5O5/c1-10-18-15(20-27-10)11-5-4-6-12(9-11)26-16-14(22(24)25)17(23)21-8-3-2-7-13(21)19-16/h2-9H,1H3. The van der Waals surface area contributed by atoms with E-state index in [1.54, 1.807) is 49.4 Å². The van der Waals surface area contributed by atoms with Gasteiger partial charge in [0, 0.05) is 18.7 Å². The molecule has 3 heterocycles. The van der Waals surface area contributed by atoms with Crippen molar-refractivity contribution in [1.29, 1.82) is 0 Å². The highest BCUT2D eigenvalue weighted by molar-refractivity contribution is 5.58. The summed E-state index contributed by atoms with van der Waals surface area (Å²) in [6.07, 6.45) is 1.40. The molecule has 10 heteroatoms. The van der Waals surface area contributed by atoms with E-state index in [4.69, 9.17) is 9.26 Å². The molecule has 0 atom stereocenters. The molecule has 134 valence electrons. The lowest BCUT2D eigenvalue weighted by Crippen LogP contribution is -2.19. The third-order valence-corrected chi connectivity index (χ3v) is 3.70. The van der Waals surface area contributed by atoms with E-state index in [-0.39, 0.29) is 11.4 Å². The number of rotatable bonds is 4. The zero-order valence-electron chi connectivity index (χ0n) is 13.9. The van der Waals surface area contributed by atoms with E-state index in [0.29, 0.717) is 17.3 Å². The highest BCUT2D eigenvalue weighted by Crippen LogP contribution is 2.29. The molecule has 0 aliphatic rings. The maximum absolute atomic E-state index is 12.4. The lowest BCUT2D eigenvalue weighted by atomic mass is 10.2. The van der Waals surface area contributed by atoms with E-state index >= 15 is 0 Å². The topological polar surface area (TPSA) is 126 Å². The van der Waals surface area contributed by atoms with Crippen LogP contribution in [0.2, 0.25) is 0 Å². The van der Waals surface area contributed by atoms with Crippen molar-refractivity contribution in [2.75, 3.05) is 0 Å². The van der Waals surface area contributed by atoms with Gasteiger partial charge >= 0.3 is 17.1 Å². The summed E-state index contributed by atoms with van der Waals surface area (Å²) in [6, 6.07) is 11.3. The van der Waals surface area contributed by atoms with Crippen LogP contribution in [0.25, 0.3) is 17.0 Å². The van der Waals surface area contributed by atoms with Gasteiger partial charge in [-0.25, -0.2) is 0 Å². The van der Waals surface area contributed by atoms with Crippen molar-refractivity contribution in [2.45, 2.75) is 6.92 Å². The fourth-order valence-corrected chi connectivity index (χ4v) is 2.51. The quantitative estimate of drug-likeness (QED) is 0.399. The molecule has 0 saturated heterocycles. The molecule has 0 bridgehead atoms. The Balaban J connectivity index is 1.81. The Bertz CT molecular complexity index is 1230. The molecule has 4 aromatic rings. The molecular formula is C17H11N5O5. The molecule has 3 aromatic heterocycles. The second kappa shape index (κ2) is 6.33. The molecular weight excluding hydrogens is 354 g/mol. The number of nitro groups is 1. The first kappa shape index (κ1) is 16.4. The van der Waals surface area contributed by atoms with Gasteiger partial charge < -0.3 is 9.26 Å². The van der Waals surface area contributed by atoms with Crippen molar-refractivity contribution in [3.8, 4) is 23.0 Å². The molecule has 0 fully saturated rings. The van der Waals surface area contributed by atoms with E-state index in [1.165, 1.54) is 6.20 Å². The van der Waals surface area contributed by atoms with Gasteiger partial charge in [-0.15, -0.1) is 0 Å². The molecule has 0 aliphatic heterocycles. The molecule has 0 unspecified atom stereocenters. The minimum atomic E-state index is -0.828. The molecule has 0 N–H and O–H groups in total. The monoisotopic (exact) mass is 365 g/mol. The second-order valence-corrected chi connectivity index (χ2v) is 5.52. The Morgan fingerprint density at radius 1 is 1.19 bits per heavy atom. The normalized spacial score (nSPS) is 10.9. The second-order valence-electron chi connectivity index (χ2n) is 5.52. The van der Waals surface area contributed by atoms with Crippen LogP contribution in [-0.2, 0) is 0 Å². The minimum Gasteiger partial charge on any atom is -0.433 e. The number of aryl methyl sites for hydroxylation is 1. The zero-order valence-corrected chi connectivity index (χ0v) is 13.9. The smallest absolute Gasteiger partial charge is 0.396 e. The summed E-state index contributed by atoms with van der Waals surface area (Å²) < 4.78 is 11.6. The first-order chi connectivity index (χ1) is 13.0. The molecule has 0 amide bonds. The number of fused-ring (bicyclic) bond motifs is 1. The average molecular weight is 365 g/mol. The minimum absolute atomic E-state index is 0.230. The first-order valence-electron chi connectivity index (χ1n) is 7.77. The molecule has 1 aromatic carbocycles. The van der Waals surface area contributed by atoms with Gasteiger partial charge in [0.15, 0.2) is 0 Å². The average Bonchev–Trinajstić information content (AvgIpc) is 3.08. The van der Waals surface area contributed by atoms with Crippen LogP contribution >= 0.6 is 0 Å². The van der Waals surface area contributed by atoms with Crippen LogP contribution in [0.1, 0.15) is 5.89 Å². The van der Waals surface area contributed by atoms with Gasteiger partial charge in [0.25, 0.3) is 0 Å². The van der Waals surface area contributed by atoms with E-state index in [1.807, 2.05) is 0 Å². The Hall–Kier alpha value is -4.08. The summed E-state index contributed by atoms with van der Waals surface area (Å²) in [5, 5.41) is 15.2. The summed E-state index contributed by atoms with van der Waals surface area (Å²) >= 11 is 0. The highest BCUT2D eigenvalue weighted by atomic mass is 16.6. The molecule has 0 aliphatic carbocycles. The van der Waals surface area contributed by atoms with Gasteiger partial charge in [-0.2, -0.15) is 9.97 Å². The number of hydrogen-bond acceptors (Lipinski definition) is 8. The van der Waals surface area contributed by atoms with Crippen molar-refractivity contribution >= 4 is 11.3 Å². The maximum Gasteiger partial charge on any atom is 0.396 e. The van der Waals surface area contributed by atoms with Gasteiger partial charge in [-0.05, 0) is 24.3 Å². The molecule has 0 radical (unpaired) electrons. The number of hydrogen-bond donors (Lipinski definition) is 0. The van der Waals surface area contributed by atoms with Crippen molar-refractivity contribution < 1.29 is 14.2 Å². The fraction of sp³-hybridized carbons (Fsp3) is 0.0588. The first-order valence-corrected chi connectivity index (χ1v) is 7.77. The third-order valence-electron chi connectivity index (χ3n) is 3.70. The number of pyridine rings is 1. The third kappa shape index (κ3) is 2.99. The Morgan fingerprint density at radius 2 is 2.04 bits per heavy atom. The van der Waals surface area contributed by atoms with Crippen molar-refractivity contribution in [3.63, 3.8) is 0 Å². The van der Waals surface area contributed by atoms with Gasteiger partial charge in [0.2, 0.25) is 11.7 Å². The maximum atomic E-state index is 12.4. The van der Waals surface area contributed by atoms with E-state index in [0.717, 1.165) is 4.40 Å². The molecule has 27 heavy (non-hydrogen) atoms. The zero-order chi connectivity index (χ0) is 19.0. The summed E-state index contributed by atoms with van der Waals surface area (Å²) in [6.45, 7) is 1.66. The van der Waals surface area contributed by atoms with E-state index in [2.05, 4.69) is 15.1 Å². The molecule has 10 nitrogen and oxygen atoms in total. The Kier molecular flexibility index (Phi) is 3.84. The van der Waals surface area contributed by atoms with Gasteiger partial charge in [-0.1, -0.05) is 23.4 Å². The van der Waals surface area contributed by atoms with Crippen LogP contribution in [0.3, 0.4) is 0 Å².